The molecule has 0 aliphatic carbocycles. The van der Waals surface area contributed by atoms with E-state index in [1.165, 1.54) is 16.2 Å². The van der Waals surface area contributed by atoms with Gasteiger partial charge in [0.1, 0.15) is 0 Å². The maximum Gasteiger partial charge on any atom is 0.185 e. The lowest BCUT2D eigenvalue weighted by Gasteiger charge is -2.01. The highest BCUT2D eigenvalue weighted by atomic mass is 14.7. The monoisotopic (exact) mass is 217 g/mol. The van der Waals surface area contributed by atoms with Crippen LogP contribution >= 0.6 is 0 Å². The molecule has 1 aliphatic rings. The molecule has 0 radical (unpaired) electrons. The Morgan fingerprint density at radius 1 is 1.00 bits per heavy atom. The lowest BCUT2D eigenvalue weighted by atomic mass is 9.74. The Bertz CT molecular complexity index is 633. The van der Waals surface area contributed by atoms with E-state index in [4.69, 9.17) is 0 Å². The first-order valence-electron chi connectivity index (χ1n) is 5.81. The van der Waals surface area contributed by atoms with Crippen LogP contribution < -0.4 is 0 Å². The van der Waals surface area contributed by atoms with Gasteiger partial charge in [0.2, 0.25) is 0 Å². The fourth-order valence-electron chi connectivity index (χ4n) is 2.03. The highest BCUT2D eigenvalue weighted by Crippen LogP contribution is 2.25. The van der Waals surface area contributed by atoms with Crippen molar-refractivity contribution in [2.24, 2.45) is 4.99 Å². The number of allylic oxidation sites excluding steroid dienone is 3. The fourth-order valence-corrected chi connectivity index (χ4v) is 2.03. The molecule has 80 valence electrons. The van der Waals surface area contributed by atoms with Crippen LogP contribution in [-0.2, 0) is 0 Å². The van der Waals surface area contributed by atoms with Crippen molar-refractivity contribution in [3.05, 3.63) is 66.1 Å². The van der Waals surface area contributed by atoms with Gasteiger partial charge in [-0.1, -0.05) is 54.0 Å². The fraction of sp³-hybridized carbons (Fsp3) is 0. The predicted molar refractivity (Wildman–Crippen MR) is 76.5 cm³/mol. The van der Waals surface area contributed by atoms with E-state index in [0.717, 1.165) is 13.0 Å². The molecule has 0 saturated heterocycles. The minimum atomic E-state index is 0.994. The van der Waals surface area contributed by atoms with Gasteiger partial charge in [0.25, 0.3) is 0 Å². The van der Waals surface area contributed by atoms with Gasteiger partial charge in [0, 0.05) is 11.6 Å². The molecule has 0 saturated carbocycles. The zero-order chi connectivity index (χ0) is 11.5. The van der Waals surface area contributed by atoms with Gasteiger partial charge in [0.15, 0.2) is 7.28 Å². The summed E-state index contributed by atoms with van der Waals surface area (Å²) < 4.78 is 0. The second-order valence-electron chi connectivity index (χ2n) is 4.13. The summed E-state index contributed by atoms with van der Waals surface area (Å²) in [4.78, 5) is 4.58. The Morgan fingerprint density at radius 3 is 2.76 bits per heavy atom. The summed E-state index contributed by atoms with van der Waals surface area (Å²) in [5, 5.41) is 2.44. The highest BCUT2D eigenvalue weighted by molar-refractivity contribution is 6.58. The molecular formula is C15H12BN. The van der Waals surface area contributed by atoms with Crippen molar-refractivity contribution < 1.29 is 0 Å². The molecule has 2 aromatic rings. The van der Waals surface area contributed by atoms with Gasteiger partial charge in [-0.05, 0) is 11.5 Å². The first kappa shape index (κ1) is 10.1. The maximum atomic E-state index is 4.58. The number of fused-ring (bicyclic) bond motifs is 1. The third-order valence-electron chi connectivity index (χ3n) is 2.94. The molecule has 0 aromatic heterocycles. The lowest BCUT2D eigenvalue weighted by molar-refractivity contribution is 1.58. The molecule has 2 heteroatoms. The van der Waals surface area contributed by atoms with E-state index in [1.54, 1.807) is 0 Å². The van der Waals surface area contributed by atoms with Crippen molar-refractivity contribution in [3.63, 3.8) is 0 Å². The molecule has 1 nitrogen and oxygen atoms in total. The Balaban J connectivity index is 2.00. The summed E-state index contributed by atoms with van der Waals surface area (Å²) in [5.74, 6) is 2.14. The summed E-state index contributed by atoms with van der Waals surface area (Å²) in [7, 11) is 0.994. The number of rotatable bonds is 2. The molecule has 0 bridgehead atoms. The van der Waals surface area contributed by atoms with E-state index in [2.05, 4.69) is 65.6 Å². The second-order valence-corrected chi connectivity index (χ2v) is 4.13. The molecule has 1 aliphatic heterocycles. The SMILES string of the molecule is B1C=CC=C1/C=N\c1cccc2ccccc12. The molecule has 3 rings (SSSR count). The van der Waals surface area contributed by atoms with Gasteiger partial charge in [-0.15, -0.1) is 5.98 Å². The summed E-state index contributed by atoms with van der Waals surface area (Å²) in [6, 6.07) is 14.6. The van der Waals surface area contributed by atoms with E-state index < -0.39 is 0 Å². The van der Waals surface area contributed by atoms with E-state index in [0.29, 0.717) is 0 Å². The van der Waals surface area contributed by atoms with E-state index in [-0.39, 0.29) is 0 Å². The van der Waals surface area contributed by atoms with Gasteiger partial charge in [-0.2, -0.15) is 0 Å². The van der Waals surface area contributed by atoms with Gasteiger partial charge < -0.3 is 0 Å². The summed E-state index contributed by atoms with van der Waals surface area (Å²) in [6.07, 6.45) is 6.14. The normalized spacial score (nSPS) is 14.2. The topological polar surface area (TPSA) is 12.4 Å². The smallest absolute Gasteiger partial charge is 0.185 e. The van der Waals surface area contributed by atoms with Crippen LogP contribution in [0.2, 0.25) is 0 Å². The molecule has 0 atom stereocenters. The van der Waals surface area contributed by atoms with Crippen LogP contribution in [0.5, 0.6) is 0 Å². The quantitative estimate of drug-likeness (QED) is 0.540. The molecule has 17 heavy (non-hydrogen) atoms. The Kier molecular flexibility index (Phi) is 2.62. The van der Waals surface area contributed by atoms with Crippen molar-refractivity contribution in [2.75, 3.05) is 0 Å². The first-order valence-corrected chi connectivity index (χ1v) is 5.81. The average Bonchev–Trinajstić information content (AvgIpc) is 2.89. The third kappa shape index (κ3) is 2.07. The molecule has 0 fully saturated rings. The van der Waals surface area contributed by atoms with Crippen LogP contribution in [-0.4, -0.2) is 13.5 Å². The van der Waals surface area contributed by atoms with Crippen molar-refractivity contribution in [2.45, 2.75) is 0 Å². The number of hydrogen-bond donors (Lipinski definition) is 0. The van der Waals surface area contributed by atoms with Crippen LogP contribution in [0.25, 0.3) is 10.8 Å². The van der Waals surface area contributed by atoms with Gasteiger partial charge in [0.05, 0.1) is 5.69 Å². The second kappa shape index (κ2) is 4.42. The van der Waals surface area contributed by atoms with Gasteiger partial charge in [-0.3, -0.25) is 4.99 Å². The Morgan fingerprint density at radius 2 is 1.88 bits per heavy atom. The zero-order valence-electron chi connectivity index (χ0n) is 9.51. The van der Waals surface area contributed by atoms with Crippen LogP contribution in [0.3, 0.4) is 0 Å². The molecule has 1 heterocycles. The molecule has 0 spiro atoms. The number of aliphatic imine (C=N–C) groups is 1. The molecule has 2 aromatic carbocycles. The summed E-state index contributed by atoms with van der Waals surface area (Å²) >= 11 is 0. The van der Waals surface area contributed by atoms with E-state index in [9.17, 15) is 0 Å². The summed E-state index contributed by atoms with van der Waals surface area (Å²) in [5.41, 5.74) is 2.30. The number of hydrogen-bond acceptors (Lipinski definition) is 1. The largest absolute Gasteiger partial charge is 0.257 e. The highest BCUT2D eigenvalue weighted by Gasteiger charge is 1.99. The Labute approximate surface area is 101 Å². The third-order valence-corrected chi connectivity index (χ3v) is 2.94. The lowest BCUT2D eigenvalue weighted by Crippen LogP contribution is -1.89. The Hall–Kier alpha value is -2.09. The van der Waals surface area contributed by atoms with Crippen molar-refractivity contribution in [1.29, 1.82) is 0 Å². The molecular weight excluding hydrogens is 205 g/mol. The van der Waals surface area contributed by atoms with Crippen molar-refractivity contribution in [1.82, 2.24) is 0 Å². The molecule has 0 unspecified atom stereocenters. The minimum Gasteiger partial charge on any atom is -0.257 e. The van der Waals surface area contributed by atoms with Gasteiger partial charge >= 0.3 is 0 Å². The molecule has 0 N–H and O–H groups in total. The molecule has 0 amide bonds. The number of nitrogens with zero attached hydrogens (tertiary/aromatic N) is 1. The van der Waals surface area contributed by atoms with Crippen LogP contribution in [0.15, 0.2) is 71.1 Å². The van der Waals surface area contributed by atoms with Crippen molar-refractivity contribution >= 4 is 30.0 Å². The van der Waals surface area contributed by atoms with E-state index >= 15 is 0 Å². The average molecular weight is 217 g/mol. The zero-order valence-corrected chi connectivity index (χ0v) is 9.51. The maximum absolute atomic E-state index is 4.58. The predicted octanol–water partition coefficient (Wildman–Crippen LogP) is 3.39. The van der Waals surface area contributed by atoms with Crippen LogP contribution in [0.4, 0.5) is 5.69 Å². The minimum absolute atomic E-state index is 0.994. The van der Waals surface area contributed by atoms with Crippen LogP contribution in [0, 0.1) is 0 Å². The standard InChI is InChI=1S/C15H12BN/c1-2-8-14-12(5-1)6-3-9-15(14)17-11-13-7-4-10-16-13/h1-11,16H/b17-11-. The first-order chi connectivity index (χ1) is 8.43. The van der Waals surface area contributed by atoms with Crippen molar-refractivity contribution in [3.8, 4) is 0 Å². The van der Waals surface area contributed by atoms with Gasteiger partial charge in [-0.25, -0.2) is 0 Å². The number of benzene rings is 2. The van der Waals surface area contributed by atoms with Crippen LogP contribution in [0.1, 0.15) is 0 Å². The van der Waals surface area contributed by atoms with E-state index in [1.807, 2.05) is 6.21 Å². The summed E-state index contributed by atoms with van der Waals surface area (Å²) in [6.45, 7) is 0.